The molecule has 1 fully saturated rings. The highest BCUT2D eigenvalue weighted by molar-refractivity contribution is 6.22. The summed E-state index contributed by atoms with van der Waals surface area (Å²) in [5, 5.41) is 11.7. The number of anilines is 1. The van der Waals surface area contributed by atoms with E-state index in [-0.39, 0.29) is 11.8 Å². The Morgan fingerprint density at radius 2 is 2.04 bits per heavy atom. The van der Waals surface area contributed by atoms with Gasteiger partial charge in [0.1, 0.15) is 23.1 Å². The van der Waals surface area contributed by atoms with Crippen LogP contribution in [-0.4, -0.2) is 29.1 Å². The van der Waals surface area contributed by atoms with Crippen molar-refractivity contribution in [2.45, 2.75) is 26.3 Å². The van der Waals surface area contributed by atoms with Crippen LogP contribution in [0.15, 0.2) is 36.5 Å². The van der Waals surface area contributed by atoms with E-state index in [1.807, 2.05) is 6.92 Å². The van der Waals surface area contributed by atoms with E-state index in [4.69, 9.17) is 14.7 Å². The molecular weight excluding hydrogens is 348 g/mol. The summed E-state index contributed by atoms with van der Waals surface area (Å²) >= 11 is 0. The fourth-order valence-corrected chi connectivity index (χ4v) is 2.60. The largest absolute Gasteiger partial charge is 0.492 e. The van der Waals surface area contributed by atoms with Gasteiger partial charge in [0.05, 0.1) is 24.1 Å². The zero-order valence-corrected chi connectivity index (χ0v) is 15.1. The van der Waals surface area contributed by atoms with E-state index >= 15 is 0 Å². The fourth-order valence-electron chi connectivity index (χ4n) is 2.60. The van der Waals surface area contributed by atoms with Gasteiger partial charge in [-0.2, -0.15) is 5.26 Å². The van der Waals surface area contributed by atoms with Crippen LogP contribution >= 0.6 is 0 Å². The predicted octanol–water partition coefficient (Wildman–Crippen LogP) is 2.98. The molecule has 8 heteroatoms. The first-order chi connectivity index (χ1) is 12.9. The van der Waals surface area contributed by atoms with Gasteiger partial charge >= 0.3 is 6.03 Å². The number of hydrogen-bond acceptors (Lipinski definition) is 6. The van der Waals surface area contributed by atoms with Gasteiger partial charge in [0.15, 0.2) is 0 Å². The summed E-state index contributed by atoms with van der Waals surface area (Å²) in [5.74, 6) is 0.804. The van der Waals surface area contributed by atoms with Gasteiger partial charge in [0, 0.05) is 12.1 Å². The predicted molar refractivity (Wildman–Crippen MR) is 96.7 cm³/mol. The van der Waals surface area contributed by atoms with Gasteiger partial charge in [0.25, 0.3) is 5.91 Å². The number of benzene rings is 1. The molecule has 2 heterocycles. The smallest absolute Gasteiger partial charge is 0.329 e. The van der Waals surface area contributed by atoms with Crippen molar-refractivity contribution >= 4 is 17.6 Å². The summed E-state index contributed by atoms with van der Waals surface area (Å²) in [6.45, 7) is 5.53. The van der Waals surface area contributed by atoms with Crippen molar-refractivity contribution < 1.29 is 19.1 Å². The number of rotatable bonds is 5. The van der Waals surface area contributed by atoms with Gasteiger partial charge in [-0.15, -0.1) is 0 Å². The lowest BCUT2D eigenvalue weighted by Gasteiger charge is -2.16. The van der Waals surface area contributed by atoms with Crippen LogP contribution in [0.2, 0.25) is 0 Å². The Balaban J connectivity index is 1.79. The molecule has 8 nitrogen and oxygen atoms in total. The summed E-state index contributed by atoms with van der Waals surface area (Å²) in [4.78, 5) is 29.5. The third-order valence-electron chi connectivity index (χ3n) is 3.93. The molecule has 0 saturated carbocycles. The highest BCUT2D eigenvalue weighted by Gasteiger charge is 2.45. The van der Waals surface area contributed by atoms with Crippen molar-refractivity contribution in [3.8, 4) is 23.4 Å². The molecule has 0 atom stereocenters. The van der Waals surface area contributed by atoms with Gasteiger partial charge in [-0.3, -0.25) is 4.79 Å². The number of amides is 3. The SMILES string of the molecule is CCOc1cc(Oc2ccc(N3C(=O)NC(C)(C)C3=O)cn2)ccc1C#N. The minimum Gasteiger partial charge on any atom is -0.492 e. The monoisotopic (exact) mass is 366 g/mol. The van der Waals surface area contributed by atoms with Crippen molar-refractivity contribution in [1.29, 1.82) is 5.26 Å². The molecule has 1 saturated heterocycles. The van der Waals surface area contributed by atoms with E-state index in [2.05, 4.69) is 16.4 Å². The van der Waals surface area contributed by atoms with Crippen LogP contribution in [-0.2, 0) is 4.79 Å². The molecule has 3 rings (SSSR count). The molecule has 0 aliphatic carbocycles. The van der Waals surface area contributed by atoms with Gasteiger partial charge in [-0.1, -0.05) is 0 Å². The Morgan fingerprint density at radius 3 is 2.59 bits per heavy atom. The molecular formula is C19H18N4O4. The average molecular weight is 366 g/mol. The maximum Gasteiger partial charge on any atom is 0.329 e. The van der Waals surface area contributed by atoms with Crippen molar-refractivity contribution in [3.05, 3.63) is 42.1 Å². The second-order valence-electron chi connectivity index (χ2n) is 6.36. The number of carbonyl (C=O) groups excluding carboxylic acids is 2. The lowest BCUT2D eigenvalue weighted by molar-refractivity contribution is -0.121. The Morgan fingerprint density at radius 1 is 1.26 bits per heavy atom. The molecule has 1 aromatic heterocycles. The maximum atomic E-state index is 12.3. The van der Waals surface area contributed by atoms with E-state index < -0.39 is 11.6 Å². The summed E-state index contributed by atoms with van der Waals surface area (Å²) in [7, 11) is 0. The Labute approximate surface area is 156 Å². The highest BCUT2D eigenvalue weighted by atomic mass is 16.5. The van der Waals surface area contributed by atoms with Crippen LogP contribution in [0.25, 0.3) is 0 Å². The molecule has 0 unspecified atom stereocenters. The van der Waals surface area contributed by atoms with Crippen molar-refractivity contribution in [3.63, 3.8) is 0 Å². The van der Waals surface area contributed by atoms with Crippen molar-refractivity contribution in [1.82, 2.24) is 10.3 Å². The topological polar surface area (TPSA) is 105 Å². The van der Waals surface area contributed by atoms with Crippen LogP contribution in [0.1, 0.15) is 26.3 Å². The standard InChI is InChI=1S/C19H18N4O4/c1-4-26-15-9-14(7-5-12(15)10-20)27-16-8-6-13(11-21-16)23-17(24)19(2,3)22-18(23)25/h5-9,11H,4H2,1-3H3,(H,22,25). The van der Waals surface area contributed by atoms with Crippen LogP contribution in [0.5, 0.6) is 17.4 Å². The quantitative estimate of drug-likeness (QED) is 0.816. The molecule has 1 aliphatic rings. The number of nitriles is 1. The summed E-state index contributed by atoms with van der Waals surface area (Å²) in [5.41, 5.74) is -0.191. The third-order valence-corrected chi connectivity index (χ3v) is 3.93. The van der Waals surface area contributed by atoms with E-state index in [9.17, 15) is 9.59 Å². The lowest BCUT2D eigenvalue weighted by Crippen LogP contribution is -2.40. The van der Waals surface area contributed by atoms with E-state index in [1.165, 1.54) is 6.20 Å². The molecule has 3 amide bonds. The maximum absolute atomic E-state index is 12.3. The van der Waals surface area contributed by atoms with Gasteiger partial charge in [-0.05, 0) is 39.0 Å². The van der Waals surface area contributed by atoms with Gasteiger partial charge < -0.3 is 14.8 Å². The van der Waals surface area contributed by atoms with E-state index in [1.54, 1.807) is 44.2 Å². The number of hydrogen-bond donors (Lipinski definition) is 1. The Kier molecular flexibility index (Phi) is 4.69. The third kappa shape index (κ3) is 3.53. The van der Waals surface area contributed by atoms with E-state index in [0.29, 0.717) is 29.4 Å². The van der Waals surface area contributed by atoms with Crippen molar-refractivity contribution in [2.24, 2.45) is 0 Å². The first kappa shape index (κ1) is 18.2. The van der Waals surface area contributed by atoms with Crippen LogP contribution in [0.4, 0.5) is 10.5 Å². The molecule has 1 aromatic carbocycles. The highest BCUT2D eigenvalue weighted by Crippen LogP contribution is 2.29. The lowest BCUT2D eigenvalue weighted by atomic mass is 10.1. The summed E-state index contributed by atoms with van der Waals surface area (Å²) in [6, 6.07) is 9.54. The average Bonchev–Trinajstić information content (AvgIpc) is 2.84. The molecule has 1 aliphatic heterocycles. The molecule has 0 bridgehead atoms. The normalized spacial score (nSPS) is 15.3. The van der Waals surface area contributed by atoms with E-state index in [0.717, 1.165) is 4.90 Å². The molecule has 0 spiro atoms. The zero-order chi connectivity index (χ0) is 19.6. The Bertz CT molecular complexity index is 932. The first-order valence-electron chi connectivity index (χ1n) is 8.33. The fraction of sp³-hybridized carbons (Fsp3) is 0.263. The minimum absolute atomic E-state index is 0.275. The van der Waals surface area contributed by atoms with Crippen LogP contribution in [0.3, 0.4) is 0 Å². The number of carbonyl (C=O) groups is 2. The van der Waals surface area contributed by atoms with Gasteiger partial charge in [-0.25, -0.2) is 14.7 Å². The van der Waals surface area contributed by atoms with Gasteiger partial charge in [0.2, 0.25) is 5.88 Å². The number of imide groups is 1. The second-order valence-corrected chi connectivity index (χ2v) is 6.36. The molecule has 27 heavy (non-hydrogen) atoms. The molecule has 2 aromatic rings. The minimum atomic E-state index is -0.954. The first-order valence-corrected chi connectivity index (χ1v) is 8.33. The number of nitrogens with zero attached hydrogens (tertiary/aromatic N) is 3. The summed E-state index contributed by atoms with van der Waals surface area (Å²) < 4.78 is 11.1. The Hall–Kier alpha value is -3.60. The second kappa shape index (κ2) is 6.96. The number of aromatic nitrogens is 1. The zero-order valence-electron chi connectivity index (χ0n) is 15.1. The van der Waals surface area contributed by atoms with Crippen LogP contribution in [0, 0.1) is 11.3 Å². The summed E-state index contributed by atoms with van der Waals surface area (Å²) in [6.07, 6.45) is 1.39. The number of pyridine rings is 1. The number of urea groups is 1. The van der Waals surface area contributed by atoms with Crippen molar-refractivity contribution in [2.75, 3.05) is 11.5 Å². The number of nitrogens with one attached hydrogen (secondary N) is 1. The molecule has 138 valence electrons. The number of ether oxygens (including phenoxy) is 2. The molecule has 1 N–H and O–H groups in total. The molecule has 0 radical (unpaired) electrons. The van der Waals surface area contributed by atoms with Crippen LogP contribution < -0.4 is 19.7 Å².